The van der Waals surface area contributed by atoms with Crippen LogP contribution in [0.4, 0.5) is 5.69 Å². The number of aryl methyl sites for hydroxylation is 2. The molecule has 3 rings (SSSR count). The van der Waals surface area contributed by atoms with Crippen molar-refractivity contribution >= 4 is 11.4 Å². The monoisotopic (exact) mass is 341 g/mol. The number of methoxy groups -OCH3 is 1. The van der Waals surface area contributed by atoms with E-state index in [1.54, 1.807) is 13.3 Å². The van der Waals surface area contributed by atoms with Gasteiger partial charge in [-0.25, -0.2) is 4.98 Å². The molecule has 7 nitrogen and oxygen atoms in total. The standard InChI is InChI=1S/C18H23N5O2/c1-11-8-13(10-20-18(11)24-3)21-15-5-7-25-6-4-14(15)17(19)16-9-12(2)22-23-16/h8-10,19,21H,4-7H2,1-3H3,(H,22,23). The molecule has 0 bridgehead atoms. The fourth-order valence-corrected chi connectivity index (χ4v) is 2.90. The van der Waals surface area contributed by atoms with Gasteiger partial charge in [0.25, 0.3) is 0 Å². The molecular weight excluding hydrogens is 318 g/mol. The number of hydrogen-bond donors (Lipinski definition) is 3. The average Bonchev–Trinajstić information content (AvgIpc) is 2.90. The van der Waals surface area contributed by atoms with Gasteiger partial charge in [0.1, 0.15) is 0 Å². The Hall–Kier alpha value is -2.67. The molecule has 0 spiro atoms. The Bertz CT molecular complexity index is 810. The van der Waals surface area contributed by atoms with Crippen LogP contribution < -0.4 is 10.1 Å². The van der Waals surface area contributed by atoms with E-state index in [-0.39, 0.29) is 0 Å². The molecule has 3 N–H and O–H groups in total. The Balaban J connectivity index is 1.92. The maximum atomic E-state index is 8.58. The van der Waals surface area contributed by atoms with Crippen molar-refractivity contribution < 1.29 is 9.47 Å². The third-order valence-electron chi connectivity index (χ3n) is 4.15. The van der Waals surface area contributed by atoms with Gasteiger partial charge in [-0.2, -0.15) is 5.10 Å². The summed E-state index contributed by atoms with van der Waals surface area (Å²) < 4.78 is 10.8. The molecule has 0 saturated carbocycles. The van der Waals surface area contributed by atoms with Gasteiger partial charge in [-0.05, 0) is 32.4 Å². The zero-order valence-corrected chi connectivity index (χ0v) is 14.8. The van der Waals surface area contributed by atoms with Crippen molar-refractivity contribution in [2.75, 3.05) is 25.6 Å². The summed E-state index contributed by atoms with van der Waals surface area (Å²) in [6.45, 7) is 5.10. The summed E-state index contributed by atoms with van der Waals surface area (Å²) in [5.74, 6) is 0.615. The molecule has 0 radical (unpaired) electrons. The molecule has 0 amide bonds. The maximum absolute atomic E-state index is 8.58. The molecule has 132 valence electrons. The molecule has 2 aromatic rings. The van der Waals surface area contributed by atoms with Crippen LogP contribution in [-0.2, 0) is 4.74 Å². The lowest BCUT2D eigenvalue weighted by molar-refractivity contribution is 0.146. The van der Waals surface area contributed by atoms with Gasteiger partial charge in [-0.15, -0.1) is 0 Å². The second-order valence-electron chi connectivity index (χ2n) is 6.04. The third kappa shape index (κ3) is 3.88. The van der Waals surface area contributed by atoms with Gasteiger partial charge >= 0.3 is 0 Å². The predicted molar refractivity (Wildman–Crippen MR) is 96.4 cm³/mol. The highest BCUT2D eigenvalue weighted by Crippen LogP contribution is 2.25. The van der Waals surface area contributed by atoms with Crippen molar-refractivity contribution in [3.63, 3.8) is 0 Å². The quantitative estimate of drug-likeness (QED) is 0.727. The number of hydrogen-bond acceptors (Lipinski definition) is 6. The first kappa shape index (κ1) is 17.2. The molecule has 3 heterocycles. The minimum absolute atomic E-state index is 0.451. The van der Waals surface area contributed by atoms with Crippen LogP contribution in [0.3, 0.4) is 0 Å². The minimum atomic E-state index is 0.451. The number of H-pyrrole nitrogens is 1. The van der Waals surface area contributed by atoms with Crippen LogP contribution in [0.15, 0.2) is 29.6 Å². The van der Waals surface area contributed by atoms with Crippen molar-refractivity contribution in [1.82, 2.24) is 15.2 Å². The summed E-state index contributed by atoms with van der Waals surface area (Å²) in [7, 11) is 1.61. The van der Waals surface area contributed by atoms with Crippen LogP contribution in [0.5, 0.6) is 5.88 Å². The van der Waals surface area contributed by atoms with Crippen molar-refractivity contribution in [1.29, 1.82) is 5.41 Å². The predicted octanol–water partition coefficient (Wildman–Crippen LogP) is 2.97. The Morgan fingerprint density at radius 1 is 1.28 bits per heavy atom. The highest BCUT2D eigenvalue weighted by molar-refractivity contribution is 6.10. The van der Waals surface area contributed by atoms with Crippen LogP contribution in [-0.4, -0.2) is 41.2 Å². The summed E-state index contributed by atoms with van der Waals surface area (Å²) in [6, 6.07) is 3.88. The fourth-order valence-electron chi connectivity index (χ4n) is 2.90. The van der Waals surface area contributed by atoms with E-state index in [0.29, 0.717) is 31.2 Å². The number of nitrogens with zero attached hydrogens (tertiary/aromatic N) is 2. The van der Waals surface area contributed by atoms with Gasteiger partial charge in [-0.3, -0.25) is 10.5 Å². The number of anilines is 1. The van der Waals surface area contributed by atoms with Crippen LogP contribution in [0, 0.1) is 19.3 Å². The first-order valence-electron chi connectivity index (χ1n) is 8.27. The highest BCUT2D eigenvalue weighted by atomic mass is 16.5. The smallest absolute Gasteiger partial charge is 0.216 e. The molecule has 0 atom stereocenters. The highest BCUT2D eigenvalue weighted by Gasteiger charge is 2.19. The zero-order chi connectivity index (χ0) is 17.8. The lowest BCUT2D eigenvalue weighted by atomic mass is 10.0. The van der Waals surface area contributed by atoms with Gasteiger partial charge in [0, 0.05) is 23.3 Å². The van der Waals surface area contributed by atoms with Crippen LogP contribution >= 0.6 is 0 Å². The van der Waals surface area contributed by atoms with E-state index in [1.807, 2.05) is 26.0 Å². The molecule has 0 fully saturated rings. The van der Waals surface area contributed by atoms with E-state index in [0.717, 1.165) is 40.3 Å². The summed E-state index contributed by atoms with van der Waals surface area (Å²) in [5.41, 5.74) is 5.80. The number of aromatic amines is 1. The molecule has 25 heavy (non-hydrogen) atoms. The lowest BCUT2D eigenvalue weighted by Crippen LogP contribution is -2.12. The Morgan fingerprint density at radius 3 is 2.76 bits per heavy atom. The van der Waals surface area contributed by atoms with E-state index in [1.165, 1.54) is 0 Å². The molecular formula is C18H23N5O2. The van der Waals surface area contributed by atoms with Gasteiger partial charge in [0.15, 0.2) is 0 Å². The van der Waals surface area contributed by atoms with Gasteiger partial charge < -0.3 is 14.8 Å². The maximum Gasteiger partial charge on any atom is 0.216 e. The molecule has 1 aliphatic heterocycles. The molecule has 7 heteroatoms. The summed E-state index contributed by atoms with van der Waals surface area (Å²) in [6.07, 6.45) is 3.14. The van der Waals surface area contributed by atoms with Crippen molar-refractivity contribution in [3.8, 4) is 5.88 Å². The number of aromatic nitrogens is 3. The van der Waals surface area contributed by atoms with Crippen molar-refractivity contribution in [2.24, 2.45) is 0 Å². The Kier molecular flexibility index (Phi) is 5.14. The number of pyridine rings is 1. The molecule has 0 unspecified atom stereocenters. The van der Waals surface area contributed by atoms with Crippen LogP contribution in [0.25, 0.3) is 0 Å². The van der Waals surface area contributed by atoms with Crippen molar-refractivity contribution in [2.45, 2.75) is 26.7 Å². The summed E-state index contributed by atoms with van der Waals surface area (Å²) in [5, 5.41) is 19.1. The Morgan fingerprint density at radius 2 is 2.08 bits per heavy atom. The van der Waals surface area contributed by atoms with E-state index >= 15 is 0 Å². The molecule has 1 aliphatic rings. The van der Waals surface area contributed by atoms with Crippen LogP contribution in [0.1, 0.15) is 29.8 Å². The topological polar surface area (TPSA) is 95.9 Å². The number of rotatable bonds is 5. The third-order valence-corrected chi connectivity index (χ3v) is 4.15. The van der Waals surface area contributed by atoms with Crippen LogP contribution in [0.2, 0.25) is 0 Å². The van der Waals surface area contributed by atoms with E-state index < -0.39 is 0 Å². The SMILES string of the molecule is COc1ncc(NC2=C(C(=N)c3cc(C)n[nH]3)CCOCC2)cc1C. The first-order valence-corrected chi connectivity index (χ1v) is 8.27. The second-order valence-corrected chi connectivity index (χ2v) is 6.04. The minimum Gasteiger partial charge on any atom is -0.481 e. The Labute approximate surface area is 147 Å². The molecule has 0 saturated heterocycles. The van der Waals surface area contributed by atoms with Gasteiger partial charge in [-0.1, -0.05) is 0 Å². The molecule has 0 aromatic carbocycles. The number of nitrogens with one attached hydrogen (secondary N) is 3. The van der Waals surface area contributed by atoms with E-state index in [9.17, 15) is 0 Å². The van der Waals surface area contributed by atoms with E-state index in [4.69, 9.17) is 14.9 Å². The molecule has 2 aromatic heterocycles. The normalized spacial score (nSPS) is 15.0. The van der Waals surface area contributed by atoms with Gasteiger partial charge in [0.2, 0.25) is 5.88 Å². The lowest BCUT2D eigenvalue weighted by Gasteiger charge is -2.16. The average molecular weight is 341 g/mol. The first-order chi connectivity index (χ1) is 12.1. The molecule has 0 aliphatic carbocycles. The fraction of sp³-hybridized carbons (Fsp3) is 0.389. The second kappa shape index (κ2) is 7.48. The largest absolute Gasteiger partial charge is 0.481 e. The number of ether oxygens (including phenoxy) is 2. The summed E-state index contributed by atoms with van der Waals surface area (Å²) in [4.78, 5) is 4.31. The van der Waals surface area contributed by atoms with Gasteiger partial charge in [0.05, 0.1) is 49.3 Å². The van der Waals surface area contributed by atoms with Crippen molar-refractivity contribution in [3.05, 3.63) is 46.6 Å². The zero-order valence-electron chi connectivity index (χ0n) is 14.8. The van der Waals surface area contributed by atoms with E-state index in [2.05, 4.69) is 20.5 Å². The summed E-state index contributed by atoms with van der Waals surface area (Å²) >= 11 is 0.